The third kappa shape index (κ3) is 1.48. The minimum absolute atomic E-state index is 0.603. The summed E-state index contributed by atoms with van der Waals surface area (Å²) in [6.45, 7) is 0. The van der Waals surface area contributed by atoms with Crippen LogP contribution in [-0.4, -0.2) is 14.2 Å². The van der Waals surface area contributed by atoms with Gasteiger partial charge in [0.15, 0.2) is 0 Å². The van der Waals surface area contributed by atoms with Crippen molar-refractivity contribution in [3.05, 3.63) is 23.8 Å². The lowest BCUT2D eigenvalue weighted by Crippen LogP contribution is -1.93. The summed E-state index contributed by atoms with van der Waals surface area (Å²) in [5.41, 5.74) is 1.49. The highest BCUT2D eigenvalue weighted by atomic mass is 16.5. The number of nitrogens with one attached hydrogen (secondary N) is 1. The van der Waals surface area contributed by atoms with E-state index in [4.69, 9.17) is 10.00 Å². The first-order chi connectivity index (χ1) is 5.81. The zero-order chi connectivity index (χ0) is 8.97. The standard InChI is InChI=1S/C9H10N2O/c1-11-8-4-3-7(6-10)5-9(8)12-2/h3-5,11H,1-2H3. The molecule has 1 aromatic rings. The molecule has 0 aliphatic carbocycles. The highest BCUT2D eigenvalue weighted by molar-refractivity contribution is 5.58. The maximum Gasteiger partial charge on any atom is 0.143 e. The normalized spacial score (nSPS) is 8.75. The molecule has 1 N–H and O–H groups in total. The molecule has 0 aliphatic heterocycles. The third-order valence-corrected chi connectivity index (χ3v) is 1.60. The Morgan fingerprint density at radius 2 is 2.25 bits per heavy atom. The number of nitrogens with zero attached hydrogens (tertiary/aromatic N) is 1. The molecule has 62 valence electrons. The van der Waals surface area contributed by atoms with Gasteiger partial charge in [-0.1, -0.05) is 0 Å². The number of methoxy groups -OCH3 is 1. The van der Waals surface area contributed by atoms with Gasteiger partial charge in [0.2, 0.25) is 0 Å². The van der Waals surface area contributed by atoms with Gasteiger partial charge in [0.1, 0.15) is 5.75 Å². The zero-order valence-electron chi connectivity index (χ0n) is 7.09. The zero-order valence-corrected chi connectivity index (χ0v) is 7.09. The topological polar surface area (TPSA) is 45.0 Å². The van der Waals surface area contributed by atoms with Crippen LogP contribution in [-0.2, 0) is 0 Å². The number of ether oxygens (including phenoxy) is 1. The predicted octanol–water partition coefficient (Wildman–Crippen LogP) is 1.61. The molecule has 0 aliphatic rings. The highest BCUT2D eigenvalue weighted by Gasteiger charge is 2.00. The van der Waals surface area contributed by atoms with E-state index < -0.39 is 0 Å². The first kappa shape index (κ1) is 8.41. The second-order valence-electron chi connectivity index (χ2n) is 2.28. The molecule has 0 radical (unpaired) electrons. The molecule has 0 aromatic heterocycles. The summed E-state index contributed by atoms with van der Waals surface area (Å²) in [6, 6.07) is 7.31. The van der Waals surface area contributed by atoms with E-state index in [1.165, 1.54) is 0 Å². The minimum atomic E-state index is 0.603. The van der Waals surface area contributed by atoms with E-state index in [1.54, 1.807) is 19.2 Å². The summed E-state index contributed by atoms with van der Waals surface area (Å²) in [4.78, 5) is 0. The van der Waals surface area contributed by atoms with Crippen LogP contribution in [0.4, 0.5) is 5.69 Å². The molecule has 0 saturated carbocycles. The molecule has 0 spiro atoms. The van der Waals surface area contributed by atoms with Gasteiger partial charge < -0.3 is 10.1 Å². The van der Waals surface area contributed by atoms with Crippen LogP contribution < -0.4 is 10.1 Å². The highest BCUT2D eigenvalue weighted by Crippen LogP contribution is 2.24. The fraction of sp³-hybridized carbons (Fsp3) is 0.222. The second-order valence-corrected chi connectivity index (χ2v) is 2.28. The molecule has 0 heterocycles. The lowest BCUT2D eigenvalue weighted by molar-refractivity contribution is 0.416. The van der Waals surface area contributed by atoms with E-state index in [9.17, 15) is 0 Å². The molecule has 3 nitrogen and oxygen atoms in total. The largest absolute Gasteiger partial charge is 0.495 e. The number of rotatable bonds is 2. The molecule has 3 heteroatoms. The summed E-state index contributed by atoms with van der Waals surface area (Å²) in [7, 11) is 3.39. The van der Waals surface area contributed by atoms with Gasteiger partial charge in [-0.3, -0.25) is 0 Å². The number of hydrogen-bond donors (Lipinski definition) is 1. The van der Waals surface area contributed by atoms with Crippen LogP contribution in [0.25, 0.3) is 0 Å². The van der Waals surface area contributed by atoms with E-state index >= 15 is 0 Å². The van der Waals surface area contributed by atoms with Gasteiger partial charge in [-0.2, -0.15) is 5.26 Å². The monoisotopic (exact) mass is 162 g/mol. The smallest absolute Gasteiger partial charge is 0.143 e. The van der Waals surface area contributed by atoms with Crippen LogP contribution in [0.2, 0.25) is 0 Å². The number of hydrogen-bond acceptors (Lipinski definition) is 3. The first-order valence-electron chi connectivity index (χ1n) is 3.57. The maximum atomic E-state index is 8.60. The summed E-state index contributed by atoms with van der Waals surface area (Å²) in [5.74, 6) is 0.691. The van der Waals surface area contributed by atoms with Crippen LogP contribution in [0, 0.1) is 11.3 Å². The molecule has 0 unspecified atom stereocenters. The quantitative estimate of drug-likeness (QED) is 0.718. The van der Waals surface area contributed by atoms with Crippen LogP contribution in [0.3, 0.4) is 0 Å². The van der Waals surface area contributed by atoms with Crippen molar-refractivity contribution >= 4 is 5.69 Å². The Morgan fingerprint density at radius 1 is 1.50 bits per heavy atom. The van der Waals surface area contributed by atoms with Gasteiger partial charge in [0.25, 0.3) is 0 Å². The first-order valence-corrected chi connectivity index (χ1v) is 3.57. The summed E-state index contributed by atoms with van der Waals surface area (Å²) in [6.07, 6.45) is 0. The summed E-state index contributed by atoms with van der Waals surface area (Å²) in [5, 5.41) is 11.6. The van der Waals surface area contributed by atoms with Gasteiger partial charge in [0.05, 0.1) is 24.4 Å². The second kappa shape index (κ2) is 3.63. The van der Waals surface area contributed by atoms with Gasteiger partial charge in [-0.25, -0.2) is 0 Å². The molecule has 0 atom stereocenters. The van der Waals surface area contributed by atoms with Crippen molar-refractivity contribution in [2.24, 2.45) is 0 Å². The van der Waals surface area contributed by atoms with Crippen molar-refractivity contribution in [1.29, 1.82) is 5.26 Å². The number of nitriles is 1. The van der Waals surface area contributed by atoms with Crippen LogP contribution in [0.1, 0.15) is 5.56 Å². The van der Waals surface area contributed by atoms with Crippen molar-refractivity contribution in [1.82, 2.24) is 0 Å². The minimum Gasteiger partial charge on any atom is -0.495 e. The van der Waals surface area contributed by atoms with Crippen molar-refractivity contribution in [3.63, 3.8) is 0 Å². The molecule has 0 amide bonds. The Hall–Kier alpha value is -1.69. The third-order valence-electron chi connectivity index (χ3n) is 1.60. The SMILES string of the molecule is CNc1ccc(C#N)cc1OC. The number of anilines is 1. The molecule has 12 heavy (non-hydrogen) atoms. The van der Waals surface area contributed by atoms with Crippen molar-refractivity contribution in [2.45, 2.75) is 0 Å². The Balaban J connectivity index is 3.13. The van der Waals surface area contributed by atoms with Gasteiger partial charge in [-0.15, -0.1) is 0 Å². The summed E-state index contributed by atoms with van der Waals surface area (Å²) >= 11 is 0. The number of benzene rings is 1. The van der Waals surface area contributed by atoms with E-state index in [-0.39, 0.29) is 0 Å². The Labute approximate surface area is 71.6 Å². The van der Waals surface area contributed by atoms with E-state index in [1.807, 2.05) is 19.2 Å². The molecular weight excluding hydrogens is 152 g/mol. The molecular formula is C9H10N2O. The van der Waals surface area contributed by atoms with Gasteiger partial charge in [-0.05, 0) is 12.1 Å². The molecule has 0 fully saturated rings. The van der Waals surface area contributed by atoms with E-state index in [0.29, 0.717) is 11.3 Å². The maximum absolute atomic E-state index is 8.60. The fourth-order valence-electron chi connectivity index (χ4n) is 0.967. The predicted molar refractivity (Wildman–Crippen MR) is 47.3 cm³/mol. The van der Waals surface area contributed by atoms with Crippen LogP contribution in [0.15, 0.2) is 18.2 Å². The van der Waals surface area contributed by atoms with E-state index in [2.05, 4.69) is 5.32 Å². The Bertz CT molecular complexity index is 315. The van der Waals surface area contributed by atoms with Gasteiger partial charge >= 0.3 is 0 Å². The Kier molecular flexibility index (Phi) is 2.54. The fourth-order valence-corrected chi connectivity index (χ4v) is 0.967. The lowest BCUT2D eigenvalue weighted by Gasteiger charge is -2.06. The van der Waals surface area contributed by atoms with Crippen LogP contribution in [0.5, 0.6) is 5.75 Å². The van der Waals surface area contributed by atoms with Crippen molar-refractivity contribution < 1.29 is 4.74 Å². The van der Waals surface area contributed by atoms with Crippen molar-refractivity contribution in [3.8, 4) is 11.8 Å². The molecule has 1 aromatic carbocycles. The van der Waals surface area contributed by atoms with Gasteiger partial charge in [0, 0.05) is 13.1 Å². The molecule has 0 bridgehead atoms. The van der Waals surface area contributed by atoms with Crippen molar-refractivity contribution in [2.75, 3.05) is 19.5 Å². The average Bonchev–Trinajstić information content (AvgIpc) is 2.16. The average molecular weight is 162 g/mol. The summed E-state index contributed by atoms with van der Waals surface area (Å²) < 4.78 is 5.07. The van der Waals surface area contributed by atoms with Crippen LogP contribution >= 0.6 is 0 Å². The van der Waals surface area contributed by atoms with E-state index in [0.717, 1.165) is 5.69 Å². The Morgan fingerprint density at radius 3 is 2.75 bits per heavy atom. The lowest BCUT2D eigenvalue weighted by atomic mass is 10.2. The molecule has 0 saturated heterocycles. The molecule has 1 rings (SSSR count).